The Morgan fingerprint density at radius 2 is 2.00 bits per heavy atom. The smallest absolute Gasteiger partial charge is 0.253 e. The molecule has 1 saturated heterocycles. The monoisotopic (exact) mass is 525 g/mol. The minimum Gasteiger partial charge on any atom is -0.356 e. The first-order valence-electron chi connectivity index (χ1n) is 12.6. The minimum atomic E-state index is -0.203. The molecule has 10 nitrogen and oxygen atoms in total. The Bertz CT molecular complexity index is 1620. The van der Waals surface area contributed by atoms with Crippen LogP contribution in [0.4, 0.5) is 5.82 Å². The number of piperidine rings is 1. The van der Waals surface area contributed by atoms with Crippen LogP contribution < -0.4 is 10.2 Å². The summed E-state index contributed by atoms with van der Waals surface area (Å²) in [5, 5.41) is 15.7. The first kappa shape index (κ1) is 22.9. The molecule has 7 rings (SSSR count). The number of rotatable bonds is 7. The van der Waals surface area contributed by atoms with Gasteiger partial charge in [0, 0.05) is 48.6 Å². The number of benzene rings is 1. The molecule has 0 radical (unpaired) electrons. The molecular formula is C27H24ClN9O. The van der Waals surface area contributed by atoms with E-state index < -0.39 is 0 Å². The van der Waals surface area contributed by atoms with Gasteiger partial charge in [-0.25, -0.2) is 14.6 Å². The Kier molecular flexibility index (Phi) is 5.54. The second-order valence-corrected chi connectivity index (χ2v) is 10.4. The van der Waals surface area contributed by atoms with Gasteiger partial charge < -0.3 is 14.8 Å². The fourth-order valence-corrected chi connectivity index (χ4v) is 5.56. The number of anilines is 1. The van der Waals surface area contributed by atoms with Crippen LogP contribution in [0.2, 0.25) is 5.02 Å². The second kappa shape index (κ2) is 9.21. The highest BCUT2D eigenvalue weighted by molar-refractivity contribution is 6.30. The van der Waals surface area contributed by atoms with E-state index >= 15 is 0 Å². The lowest BCUT2D eigenvalue weighted by Gasteiger charge is -2.19. The van der Waals surface area contributed by atoms with Gasteiger partial charge in [-0.3, -0.25) is 4.79 Å². The average Bonchev–Trinajstić information content (AvgIpc) is 3.32. The number of nitrogens with zero attached hydrogens (tertiary/aromatic N) is 8. The van der Waals surface area contributed by atoms with E-state index in [9.17, 15) is 4.79 Å². The number of pyridine rings is 2. The van der Waals surface area contributed by atoms with Gasteiger partial charge >= 0.3 is 0 Å². The molecule has 11 heteroatoms. The van der Waals surface area contributed by atoms with Crippen molar-refractivity contribution in [3.05, 3.63) is 89.1 Å². The molecule has 38 heavy (non-hydrogen) atoms. The molecule has 0 spiro atoms. The lowest BCUT2D eigenvalue weighted by atomic mass is 10.1. The van der Waals surface area contributed by atoms with E-state index in [0.29, 0.717) is 17.1 Å². The maximum atomic E-state index is 13.4. The lowest BCUT2D eigenvalue weighted by molar-refractivity contribution is 0.0952. The van der Waals surface area contributed by atoms with Crippen molar-refractivity contribution in [2.45, 2.75) is 19.5 Å². The molecule has 1 N–H and O–H groups in total. The molecule has 1 amide bonds. The van der Waals surface area contributed by atoms with Crippen molar-refractivity contribution in [2.75, 3.05) is 18.0 Å². The highest BCUT2D eigenvalue weighted by atomic mass is 35.5. The van der Waals surface area contributed by atoms with Crippen molar-refractivity contribution in [1.82, 2.24) is 40.1 Å². The van der Waals surface area contributed by atoms with Gasteiger partial charge in [-0.2, -0.15) is 0 Å². The summed E-state index contributed by atoms with van der Waals surface area (Å²) in [5.41, 5.74) is 3.89. The number of halogens is 1. The van der Waals surface area contributed by atoms with Gasteiger partial charge in [-0.1, -0.05) is 17.7 Å². The molecule has 1 aliphatic heterocycles. The van der Waals surface area contributed by atoms with E-state index in [0.717, 1.165) is 58.6 Å². The Hall–Kier alpha value is -4.31. The summed E-state index contributed by atoms with van der Waals surface area (Å²) in [5.74, 6) is 2.57. The number of hydrogen-bond acceptors (Lipinski definition) is 7. The van der Waals surface area contributed by atoms with Crippen LogP contribution in [0.1, 0.15) is 27.9 Å². The van der Waals surface area contributed by atoms with Crippen LogP contribution in [0, 0.1) is 11.8 Å². The van der Waals surface area contributed by atoms with Crippen LogP contribution in [-0.4, -0.2) is 53.7 Å². The van der Waals surface area contributed by atoms with E-state index in [1.54, 1.807) is 23.0 Å². The van der Waals surface area contributed by atoms with Crippen molar-refractivity contribution >= 4 is 34.4 Å². The maximum Gasteiger partial charge on any atom is 0.253 e. The standard InChI is InChI=1S/C27H24ClN9O/c28-21-4-5-24(37-16-32-33-34-37)18(9-21)11-31-27(38)23-15-36(26-22(23)2-1-7-29-26)12-17-3-6-25(30-10-17)35-13-19-8-20(19)14-35/h1-7,9-10,15-16,19-20H,8,11-14H2,(H,31,38). The van der Waals surface area contributed by atoms with E-state index in [4.69, 9.17) is 16.6 Å². The summed E-state index contributed by atoms with van der Waals surface area (Å²) in [4.78, 5) is 25.0. The van der Waals surface area contributed by atoms with Gasteiger partial charge in [-0.05, 0) is 76.2 Å². The molecule has 2 fully saturated rings. The quantitative estimate of drug-likeness (QED) is 0.346. The predicted molar refractivity (Wildman–Crippen MR) is 142 cm³/mol. The summed E-state index contributed by atoms with van der Waals surface area (Å²) < 4.78 is 3.54. The van der Waals surface area contributed by atoms with Gasteiger partial charge in [0.25, 0.3) is 5.91 Å². The van der Waals surface area contributed by atoms with Crippen LogP contribution in [0.25, 0.3) is 16.7 Å². The number of fused-ring (bicyclic) bond motifs is 2. The van der Waals surface area contributed by atoms with Gasteiger partial charge in [0.1, 0.15) is 17.8 Å². The van der Waals surface area contributed by atoms with Crippen molar-refractivity contribution in [2.24, 2.45) is 11.8 Å². The summed E-state index contributed by atoms with van der Waals surface area (Å²) in [6, 6.07) is 13.3. The minimum absolute atomic E-state index is 0.203. The first-order chi connectivity index (χ1) is 18.6. The van der Waals surface area contributed by atoms with Crippen LogP contribution in [-0.2, 0) is 13.1 Å². The zero-order valence-corrected chi connectivity index (χ0v) is 21.2. The number of carbonyl (C=O) groups excluding carboxylic acids is 1. The third kappa shape index (κ3) is 4.26. The molecule has 1 aliphatic carbocycles. The van der Waals surface area contributed by atoms with Gasteiger partial charge in [0.05, 0.1) is 17.8 Å². The summed E-state index contributed by atoms with van der Waals surface area (Å²) in [6.45, 7) is 3.06. The number of carbonyl (C=O) groups is 1. The second-order valence-electron chi connectivity index (χ2n) is 9.94. The molecule has 1 saturated carbocycles. The lowest BCUT2D eigenvalue weighted by Crippen LogP contribution is -2.23. The SMILES string of the molecule is O=C(NCc1cc(Cl)ccc1-n1cnnn1)c1cn(Cc2ccc(N3CC4CC4C3)nc2)c2ncccc12. The molecule has 2 aliphatic rings. The molecule has 2 unspecified atom stereocenters. The van der Waals surface area contributed by atoms with Crippen molar-refractivity contribution in [3.8, 4) is 5.69 Å². The zero-order chi connectivity index (χ0) is 25.6. The average molecular weight is 526 g/mol. The van der Waals surface area contributed by atoms with Crippen LogP contribution in [0.15, 0.2) is 67.4 Å². The number of hydrogen-bond donors (Lipinski definition) is 1. The third-order valence-corrected chi connectivity index (χ3v) is 7.66. The molecule has 5 aromatic rings. The molecule has 1 aromatic carbocycles. The zero-order valence-electron chi connectivity index (χ0n) is 20.4. The van der Waals surface area contributed by atoms with E-state index in [-0.39, 0.29) is 12.5 Å². The number of aromatic nitrogens is 7. The van der Waals surface area contributed by atoms with Crippen LogP contribution in [0.5, 0.6) is 0 Å². The van der Waals surface area contributed by atoms with Gasteiger partial charge in [-0.15, -0.1) is 5.10 Å². The molecular weight excluding hydrogens is 502 g/mol. The topological polar surface area (TPSA) is 107 Å². The largest absolute Gasteiger partial charge is 0.356 e. The Labute approximate surface area is 223 Å². The Morgan fingerprint density at radius 1 is 1.11 bits per heavy atom. The Balaban J connectivity index is 1.11. The summed E-state index contributed by atoms with van der Waals surface area (Å²) in [6.07, 6.45) is 8.40. The first-order valence-corrected chi connectivity index (χ1v) is 12.9. The normalized spacial score (nSPS) is 18.1. The third-order valence-electron chi connectivity index (χ3n) is 7.42. The molecule has 190 valence electrons. The Morgan fingerprint density at radius 3 is 2.79 bits per heavy atom. The maximum absolute atomic E-state index is 13.4. The number of nitrogens with one attached hydrogen (secondary N) is 1. The molecule has 4 aromatic heterocycles. The highest BCUT2D eigenvalue weighted by Gasteiger charge is 2.45. The highest BCUT2D eigenvalue weighted by Crippen LogP contribution is 2.45. The number of tetrazole rings is 1. The number of amides is 1. The molecule has 0 bridgehead atoms. The van der Waals surface area contributed by atoms with Gasteiger partial charge in [0.15, 0.2) is 0 Å². The van der Waals surface area contributed by atoms with Gasteiger partial charge in [0.2, 0.25) is 0 Å². The fraction of sp³-hybridized carbons (Fsp3) is 0.259. The molecule has 5 heterocycles. The van der Waals surface area contributed by atoms with Crippen LogP contribution in [0.3, 0.4) is 0 Å². The van der Waals surface area contributed by atoms with Crippen molar-refractivity contribution < 1.29 is 4.79 Å². The van der Waals surface area contributed by atoms with Crippen molar-refractivity contribution in [3.63, 3.8) is 0 Å². The van der Waals surface area contributed by atoms with E-state index in [1.165, 1.54) is 12.7 Å². The van der Waals surface area contributed by atoms with Crippen molar-refractivity contribution in [1.29, 1.82) is 0 Å². The predicted octanol–water partition coefficient (Wildman–Crippen LogP) is 3.49. The van der Waals surface area contributed by atoms with E-state index in [2.05, 4.69) is 42.9 Å². The summed E-state index contributed by atoms with van der Waals surface area (Å²) >= 11 is 6.23. The fourth-order valence-electron chi connectivity index (χ4n) is 5.36. The molecule has 2 atom stereocenters. The summed E-state index contributed by atoms with van der Waals surface area (Å²) in [7, 11) is 0. The van der Waals surface area contributed by atoms with E-state index in [1.807, 2.05) is 35.2 Å². The van der Waals surface area contributed by atoms with Crippen LogP contribution >= 0.6 is 11.6 Å².